The van der Waals surface area contributed by atoms with Crippen LogP contribution < -0.4 is 27.8 Å². The van der Waals surface area contributed by atoms with E-state index in [2.05, 4.69) is 74.3 Å². The first-order valence-electron chi connectivity index (χ1n) is 18.1. The van der Waals surface area contributed by atoms with E-state index in [0.29, 0.717) is 70.4 Å². The van der Waals surface area contributed by atoms with Gasteiger partial charge in [0.05, 0.1) is 18.3 Å². The summed E-state index contributed by atoms with van der Waals surface area (Å²) in [6.07, 6.45) is 15.2. The van der Waals surface area contributed by atoms with Crippen molar-refractivity contribution in [1.82, 2.24) is 15.5 Å². The number of nitrogens with zero attached hydrogens (tertiary/aromatic N) is 1. The molecule has 0 aromatic carbocycles. The Kier molecular flexibility index (Phi) is 30.8. The number of rotatable bonds is 17. The van der Waals surface area contributed by atoms with Gasteiger partial charge in [-0.1, -0.05) is 71.9 Å². The van der Waals surface area contributed by atoms with Crippen LogP contribution in [-0.4, -0.2) is 92.9 Å². The normalized spacial score (nSPS) is 17.9. The van der Waals surface area contributed by atoms with E-state index in [1.807, 2.05) is 24.3 Å². The van der Waals surface area contributed by atoms with Crippen molar-refractivity contribution in [3.05, 3.63) is 49.1 Å². The summed E-state index contributed by atoms with van der Waals surface area (Å²) >= 11 is 0. The number of carbonyl (C=O) groups excluding carboxylic acids is 6. The Bertz CT molecular complexity index is 1150. The Morgan fingerprint density at radius 2 is 1.23 bits per heavy atom. The molecule has 2 amide bonds. The molecule has 14 heteroatoms. The van der Waals surface area contributed by atoms with Crippen LogP contribution in [0, 0.1) is 29.6 Å². The molecule has 3 rings (SSSR count). The fourth-order valence-electron chi connectivity index (χ4n) is 4.29. The predicted octanol–water partition coefficient (Wildman–Crippen LogP) is 2.53. The standard InChI is InChI=1S/C14H25N3O2.C10H14O3.C6H12.C4H13N3.C4H2O3/c1-11(2)4-3-5-12-10-13(18)17(14(12)19)9-8-16-7-6-15;1-7(2)4-3-5-8-6-9(11)13-10(8)12;1-4-5-6(2)3;5-1-3-7-4-2-6;5-3-1-2-4(6)7-3/h3-4,11-12,16H,5-10,15H2,1-2H3;3-4,7-8H,5-6H2,1-2H3;4,6H,1,5H2,2-3H3;7H,1-6H2;1-2H/b2*4-3+;;;. The number of nitrogens with one attached hydrogen (secondary N) is 2. The number of hydrogen-bond acceptors (Lipinski definition) is 13. The SMILES string of the molecule is C=CCC(C)C.CC(C)/C=C/CC1CC(=O)N(CCNCCN)C1=O.CC(C)/C=C/CC1CC(=O)OC1=O.NCCNCCN.O=C1C=CC(=O)O1. The summed E-state index contributed by atoms with van der Waals surface area (Å²) in [5.41, 5.74) is 15.7. The predicted molar refractivity (Wildman–Crippen MR) is 204 cm³/mol. The maximum atomic E-state index is 12.1. The zero-order chi connectivity index (χ0) is 39.9. The lowest BCUT2D eigenvalue weighted by atomic mass is 10.0. The van der Waals surface area contributed by atoms with E-state index < -0.39 is 17.9 Å². The highest BCUT2D eigenvalue weighted by atomic mass is 16.6. The van der Waals surface area contributed by atoms with E-state index in [1.54, 1.807) is 0 Å². The van der Waals surface area contributed by atoms with Crippen molar-refractivity contribution < 1.29 is 38.2 Å². The van der Waals surface area contributed by atoms with Gasteiger partial charge in [0.1, 0.15) is 0 Å². The van der Waals surface area contributed by atoms with Crippen LogP contribution in [0.25, 0.3) is 0 Å². The van der Waals surface area contributed by atoms with Crippen LogP contribution in [0.15, 0.2) is 49.1 Å². The van der Waals surface area contributed by atoms with Crippen molar-refractivity contribution in [2.45, 2.75) is 73.6 Å². The van der Waals surface area contributed by atoms with Crippen molar-refractivity contribution in [2.75, 3.05) is 52.4 Å². The molecule has 8 N–H and O–H groups in total. The molecule has 0 aromatic rings. The highest BCUT2D eigenvalue weighted by Gasteiger charge is 2.37. The molecule has 0 aliphatic carbocycles. The fourth-order valence-corrected chi connectivity index (χ4v) is 4.29. The first-order valence-corrected chi connectivity index (χ1v) is 18.1. The monoisotopic (exact) mass is 734 g/mol. The molecule has 296 valence electrons. The Balaban J connectivity index is 0. The molecule has 0 radical (unpaired) electrons. The maximum absolute atomic E-state index is 12.1. The molecule has 52 heavy (non-hydrogen) atoms. The van der Waals surface area contributed by atoms with Crippen molar-refractivity contribution in [1.29, 1.82) is 0 Å². The van der Waals surface area contributed by atoms with Gasteiger partial charge in [0.15, 0.2) is 0 Å². The molecule has 3 heterocycles. The van der Waals surface area contributed by atoms with Crippen LogP contribution in [0.4, 0.5) is 0 Å². The van der Waals surface area contributed by atoms with Crippen LogP contribution in [0.3, 0.4) is 0 Å². The quantitative estimate of drug-likeness (QED) is 0.0477. The molecule has 0 aromatic heterocycles. The first-order chi connectivity index (χ1) is 24.6. The summed E-state index contributed by atoms with van der Waals surface area (Å²) in [6.45, 7) is 21.7. The fraction of sp³-hybridized carbons (Fsp3) is 0.632. The summed E-state index contributed by atoms with van der Waals surface area (Å²) in [7, 11) is 0. The first kappa shape index (κ1) is 50.3. The second kappa shape index (κ2) is 31.9. The number of imide groups is 1. The zero-order valence-corrected chi connectivity index (χ0v) is 32.3. The highest BCUT2D eigenvalue weighted by molar-refractivity contribution is 6.05. The zero-order valence-electron chi connectivity index (χ0n) is 32.3. The third kappa shape index (κ3) is 27.8. The van der Waals surface area contributed by atoms with Gasteiger partial charge in [-0.3, -0.25) is 24.1 Å². The van der Waals surface area contributed by atoms with Gasteiger partial charge >= 0.3 is 23.9 Å². The lowest BCUT2D eigenvalue weighted by Gasteiger charge is -2.14. The maximum Gasteiger partial charge on any atom is 0.338 e. The molecule has 0 bridgehead atoms. The van der Waals surface area contributed by atoms with E-state index in [4.69, 9.17) is 17.2 Å². The van der Waals surface area contributed by atoms with Crippen molar-refractivity contribution in [2.24, 2.45) is 46.8 Å². The largest absolute Gasteiger partial charge is 0.393 e. The number of cyclic esters (lactones) is 4. The molecule has 3 aliphatic rings. The van der Waals surface area contributed by atoms with Crippen LogP contribution >= 0.6 is 0 Å². The van der Waals surface area contributed by atoms with Gasteiger partial charge in [-0.15, -0.1) is 6.58 Å². The minimum atomic E-state index is -0.579. The highest BCUT2D eigenvalue weighted by Crippen LogP contribution is 2.23. The lowest BCUT2D eigenvalue weighted by Crippen LogP contribution is -2.37. The minimum Gasteiger partial charge on any atom is -0.393 e. The van der Waals surface area contributed by atoms with Crippen LogP contribution in [0.2, 0.25) is 0 Å². The molecule has 0 saturated carbocycles. The molecular formula is C38H66N6O8. The molecule has 0 spiro atoms. The number of carbonyl (C=O) groups is 6. The van der Waals surface area contributed by atoms with Crippen LogP contribution in [0.1, 0.15) is 73.6 Å². The number of amides is 2. The van der Waals surface area contributed by atoms with Crippen molar-refractivity contribution in [3.63, 3.8) is 0 Å². The Morgan fingerprint density at radius 3 is 1.58 bits per heavy atom. The topological polar surface area (TPSA) is 226 Å². The number of esters is 4. The van der Waals surface area contributed by atoms with E-state index in [0.717, 1.165) is 37.6 Å². The minimum absolute atomic E-state index is 0.0343. The number of nitrogens with two attached hydrogens (primary N) is 3. The van der Waals surface area contributed by atoms with E-state index in [9.17, 15) is 28.8 Å². The third-order valence-electron chi connectivity index (χ3n) is 6.85. The molecule has 2 unspecified atom stereocenters. The van der Waals surface area contributed by atoms with Crippen LogP contribution in [-0.2, 0) is 38.2 Å². The second-order valence-corrected chi connectivity index (χ2v) is 13.2. The summed E-state index contributed by atoms with van der Waals surface area (Å²) in [5, 5.41) is 6.13. The number of likely N-dealkylation sites (tertiary alicyclic amines) is 1. The Hall–Kier alpha value is -3.82. The smallest absolute Gasteiger partial charge is 0.338 e. The summed E-state index contributed by atoms with van der Waals surface area (Å²) in [6, 6.07) is 0. The summed E-state index contributed by atoms with van der Waals surface area (Å²) in [5.74, 6) is -0.698. The average molecular weight is 735 g/mol. The number of hydrogen-bond donors (Lipinski definition) is 5. The Morgan fingerprint density at radius 1 is 0.750 bits per heavy atom. The van der Waals surface area contributed by atoms with E-state index in [-0.39, 0.29) is 36.0 Å². The van der Waals surface area contributed by atoms with E-state index in [1.165, 1.54) is 4.90 Å². The number of ether oxygens (including phenoxy) is 2. The third-order valence-corrected chi connectivity index (χ3v) is 6.85. The molecular weight excluding hydrogens is 668 g/mol. The molecule has 2 fully saturated rings. The van der Waals surface area contributed by atoms with Crippen molar-refractivity contribution in [3.8, 4) is 0 Å². The molecule has 2 saturated heterocycles. The van der Waals surface area contributed by atoms with Crippen LogP contribution in [0.5, 0.6) is 0 Å². The van der Waals surface area contributed by atoms with E-state index >= 15 is 0 Å². The Labute approximate surface area is 311 Å². The van der Waals surface area contributed by atoms with Gasteiger partial charge in [-0.2, -0.15) is 0 Å². The average Bonchev–Trinajstić information content (AvgIpc) is 3.70. The van der Waals surface area contributed by atoms with Crippen molar-refractivity contribution >= 4 is 35.7 Å². The summed E-state index contributed by atoms with van der Waals surface area (Å²) in [4.78, 5) is 66.8. The van der Waals surface area contributed by atoms with Gasteiger partial charge in [0, 0.05) is 70.9 Å². The van der Waals surface area contributed by atoms with Gasteiger partial charge in [0.25, 0.3) is 0 Å². The number of allylic oxidation sites excluding steroid dienone is 5. The lowest BCUT2D eigenvalue weighted by molar-refractivity contribution is -0.154. The summed E-state index contributed by atoms with van der Waals surface area (Å²) < 4.78 is 8.39. The second-order valence-electron chi connectivity index (χ2n) is 13.2. The van der Waals surface area contributed by atoms with Gasteiger partial charge in [-0.05, 0) is 37.0 Å². The molecule has 2 atom stereocenters. The van der Waals surface area contributed by atoms with Gasteiger partial charge in [-0.25, -0.2) is 9.59 Å². The van der Waals surface area contributed by atoms with Gasteiger partial charge in [0.2, 0.25) is 11.8 Å². The molecule has 14 nitrogen and oxygen atoms in total. The molecule has 3 aliphatic heterocycles. The van der Waals surface area contributed by atoms with Gasteiger partial charge < -0.3 is 37.3 Å².